The maximum absolute atomic E-state index is 13.1. The SMILES string of the molecule is Cc1cc(C)c2c(c1)OC1(CCN(C(=O)c3ccc(N(C)C)c([N+](=O)[O-])c3)CC1)CC2=O. The summed E-state index contributed by atoms with van der Waals surface area (Å²) in [6, 6.07) is 8.45. The van der Waals surface area contributed by atoms with Gasteiger partial charge in [-0.05, 0) is 43.2 Å². The van der Waals surface area contributed by atoms with Crippen molar-refractivity contribution in [1.29, 1.82) is 0 Å². The average Bonchev–Trinajstić information content (AvgIpc) is 2.72. The first-order chi connectivity index (χ1) is 15.1. The first-order valence-electron chi connectivity index (χ1n) is 10.7. The number of likely N-dealkylation sites (tertiary alicyclic amines) is 1. The molecule has 8 heteroatoms. The number of piperidine rings is 1. The third-order valence-electron chi connectivity index (χ3n) is 6.39. The number of nitrogens with zero attached hydrogens (tertiary/aromatic N) is 3. The van der Waals surface area contributed by atoms with Crippen molar-refractivity contribution >= 4 is 23.1 Å². The summed E-state index contributed by atoms with van der Waals surface area (Å²) >= 11 is 0. The van der Waals surface area contributed by atoms with Crippen LogP contribution in [-0.4, -0.2) is 54.3 Å². The number of fused-ring (bicyclic) bond motifs is 1. The van der Waals surface area contributed by atoms with Gasteiger partial charge in [0.05, 0.1) is 16.9 Å². The molecule has 0 bridgehead atoms. The summed E-state index contributed by atoms with van der Waals surface area (Å²) in [7, 11) is 3.45. The molecule has 0 aliphatic carbocycles. The van der Waals surface area contributed by atoms with E-state index in [-0.39, 0.29) is 22.9 Å². The number of benzene rings is 2. The van der Waals surface area contributed by atoms with Crippen molar-refractivity contribution in [1.82, 2.24) is 4.90 Å². The van der Waals surface area contributed by atoms with Crippen LogP contribution < -0.4 is 9.64 Å². The molecule has 4 rings (SSSR count). The summed E-state index contributed by atoms with van der Waals surface area (Å²) in [5.41, 5.74) is 2.66. The van der Waals surface area contributed by atoms with E-state index < -0.39 is 10.5 Å². The van der Waals surface area contributed by atoms with Crippen molar-refractivity contribution in [2.75, 3.05) is 32.1 Å². The first kappa shape index (κ1) is 21.8. The number of anilines is 1. The molecule has 0 unspecified atom stereocenters. The first-order valence-corrected chi connectivity index (χ1v) is 10.7. The van der Waals surface area contributed by atoms with E-state index in [1.807, 2.05) is 26.0 Å². The van der Waals surface area contributed by atoms with Crippen LogP contribution in [0, 0.1) is 24.0 Å². The maximum Gasteiger partial charge on any atom is 0.293 e. The number of ether oxygens (including phenoxy) is 1. The van der Waals surface area contributed by atoms with Crippen molar-refractivity contribution in [2.24, 2.45) is 0 Å². The third-order valence-corrected chi connectivity index (χ3v) is 6.39. The zero-order valence-corrected chi connectivity index (χ0v) is 18.8. The van der Waals surface area contributed by atoms with E-state index >= 15 is 0 Å². The molecule has 1 fully saturated rings. The summed E-state index contributed by atoms with van der Waals surface area (Å²) in [5.74, 6) is 0.467. The number of aryl methyl sites for hydroxylation is 2. The number of rotatable bonds is 3. The summed E-state index contributed by atoms with van der Waals surface area (Å²) in [6.45, 7) is 4.75. The summed E-state index contributed by atoms with van der Waals surface area (Å²) in [4.78, 5) is 40.3. The van der Waals surface area contributed by atoms with Gasteiger partial charge in [-0.15, -0.1) is 0 Å². The quantitative estimate of drug-likeness (QED) is 0.534. The van der Waals surface area contributed by atoms with Crippen LogP contribution in [0.2, 0.25) is 0 Å². The van der Waals surface area contributed by atoms with Crippen LogP contribution in [0.25, 0.3) is 0 Å². The monoisotopic (exact) mass is 437 g/mol. The Bertz CT molecular complexity index is 1120. The molecule has 2 aromatic rings. The molecular weight excluding hydrogens is 410 g/mol. The molecule has 0 N–H and O–H groups in total. The fourth-order valence-corrected chi connectivity index (χ4v) is 4.78. The summed E-state index contributed by atoms with van der Waals surface area (Å²) < 4.78 is 6.37. The van der Waals surface area contributed by atoms with Crippen LogP contribution in [0.4, 0.5) is 11.4 Å². The molecule has 32 heavy (non-hydrogen) atoms. The molecule has 0 atom stereocenters. The van der Waals surface area contributed by atoms with Crippen molar-refractivity contribution < 1.29 is 19.2 Å². The molecule has 2 aliphatic heterocycles. The number of nitro groups is 1. The van der Waals surface area contributed by atoms with Crippen molar-refractivity contribution in [3.8, 4) is 5.75 Å². The summed E-state index contributed by atoms with van der Waals surface area (Å²) in [6.07, 6.45) is 1.37. The number of carbonyl (C=O) groups is 2. The van der Waals surface area contributed by atoms with E-state index in [9.17, 15) is 19.7 Å². The Labute approximate surface area is 186 Å². The fourth-order valence-electron chi connectivity index (χ4n) is 4.78. The van der Waals surface area contributed by atoms with Crippen LogP contribution in [-0.2, 0) is 0 Å². The maximum atomic E-state index is 13.1. The largest absolute Gasteiger partial charge is 0.486 e. The number of amides is 1. The second kappa shape index (κ2) is 7.93. The lowest BCUT2D eigenvalue weighted by Crippen LogP contribution is -2.52. The van der Waals surface area contributed by atoms with Gasteiger partial charge < -0.3 is 14.5 Å². The lowest BCUT2D eigenvalue weighted by atomic mass is 9.81. The number of ketones is 1. The number of hydrogen-bond acceptors (Lipinski definition) is 6. The normalized spacial score (nSPS) is 17.0. The zero-order chi connectivity index (χ0) is 23.2. The van der Waals surface area contributed by atoms with Gasteiger partial charge in [-0.3, -0.25) is 19.7 Å². The Morgan fingerprint density at radius 1 is 1.16 bits per heavy atom. The van der Waals surface area contributed by atoms with E-state index in [2.05, 4.69) is 0 Å². The predicted molar refractivity (Wildman–Crippen MR) is 121 cm³/mol. The molecule has 0 saturated carbocycles. The Morgan fingerprint density at radius 2 is 1.84 bits per heavy atom. The van der Waals surface area contributed by atoms with Crippen LogP contribution in [0.1, 0.15) is 51.1 Å². The second-order valence-corrected chi connectivity index (χ2v) is 8.99. The van der Waals surface area contributed by atoms with Crippen molar-refractivity contribution in [2.45, 2.75) is 38.7 Å². The highest BCUT2D eigenvalue weighted by Gasteiger charge is 2.44. The minimum Gasteiger partial charge on any atom is -0.486 e. The zero-order valence-electron chi connectivity index (χ0n) is 18.8. The number of hydrogen-bond donors (Lipinski definition) is 0. The van der Waals surface area contributed by atoms with Crippen LogP contribution in [0.5, 0.6) is 5.75 Å². The highest BCUT2D eigenvalue weighted by Crippen LogP contribution is 2.41. The molecule has 8 nitrogen and oxygen atoms in total. The van der Waals surface area contributed by atoms with Gasteiger partial charge in [-0.1, -0.05) is 6.07 Å². The topological polar surface area (TPSA) is 93.0 Å². The van der Waals surface area contributed by atoms with Gasteiger partial charge in [0.1, 0.15) is 17.0 Å². The van der Waals surface area contributed by atoms with E-state index in [1.165, 1.54) is 6.07 Å². The van der Waals surface area contributed by atoms with Gasteiger partial charge in [0, 0.05) is 51.7 Å². The smallest absolute Gasteiger partial charge is 0.293 e. The number of nitro benzene ring substituents is 1. The molecule has 1 spiro atoms. The lowest BCUT2D eigenvalue weighted by Gasteiger charge is -2.44. The van der Waals surface area contributed by atoms with Crippen LogP contribution >= 0.6 is 0 Å². The minimum atomic E-state index is -0.609. The van der Waals surface area contributed by atoms with Gasteiger partial charge in [0.25, 0.3) is 11.6 Å². The van der Waals surface area contributed by atoms with Gasteiger partial charge in [0.15, 0.2) is 5.78 Å². The van der Waals surface area contributed by atoms with Crippen molar-refractivity contribution in [3.63, 3.8) is 0 Å². The number of Topliss-reactive ketones (excluding diaryl/α,β-unsaturated/α-hetero) is 1. The van der Waals surface area contributed by atoms with Gasteiger partial charge in [0.2, 0.25) is 0 Å². The van der Waals surface area contributed by atoms with Gasteiger partial charge in [-0.2, -0.15) is 0 Å². The van der Waals surface area contributed by atoms with Crippen molar-refractivity contribution in [3.05, 3.63) is 62.7 Å². The molecule has 1 saturated heterocycles. The van der Waals surface area contributed by atoms with E-state index in [1.54, 1.807) is 36.0 Å². The highest BCUT2D eigenvalue weighted by molar-refractivity contribution is 6.02. The van der Waals surface area contributed by atoms with Gasteiger partial charge in [-0.25, -0.2) is 0 Å². The van der Waals surface area contributed by atoms with E-state index in [0.29, 0.717) is 49.4 Å². The molecule has 2 heterocycles. The Hall–Kier alpha value is -3.42. The Morgan fingerprint density at radius 3 is 2.47 bits per heavy atom. The standard InChI is InChI=1S/C24H27N3O5/c1-15-11-16(2)22-20(28)14-24(32-21(22)12-15)7-9-26(10-8-24)23(29)17-5-6-18(25(3)4)19(13-17)27(30)31/h5-6,11-13H,7-10,14H2,1-4H3. The second-order valence-electron chi connectivity index (χ2n) is 8.99. The molecule has 1 amide bonds. The number of carbonyl (C=O) groups excluding carboxylic acids is 2. The van der Waals surface area contributed by atoms with Gasteiger partial charge >= 0.3 is 0 Å². The molecule has 0 radical (unpaired) electrons. The fraction of sp³-hybridized carbons (Fsp3) is 0.417. The Balaban J connectivity index is 1.52. The van der Waals surface area contributed by atoms with Crippen LogP contribution in [0.3, 0.4) is 0 Å². The lowest BCUT2D eigenvalue weighted by molar-refractivity contribution is -0.384. The molecule has 0 aromatic heterocycles. The molecular formula is C24H27N3O5. The summed E-state index contributed by atoms with van der Waals surface area (Å²) in [5, 5.41) is 11.5. The third kappa shape index (κ3) is 3.81. The van der Waals surface area contributed by atoms with E-state index in [4.69, 9.17) is 4.74 Å². The minimum absolute atomic E-state index is 0.0819. The predicted octanol–water partition coefficient (Wildman–Crippen LogP) is 3.92. The van der Waals surface area contributed by atoms with E-state index in [0.717, 1.165) is 11.1 Å². The molecule has 168 valence electrons. The molecule has 2 aliphatic rings. The molecule has 2 aromatic carbocycles. The average molecular weight is 437 g/mol. The Kier molecular flexibility index (Phi) is 5.40. The van der Waals surface area contributed by atoms with Crippen LogP contribution in [0.15, 0.2) is 30.3 Å². The highest BCUT2D eigenvalue weighted by atomic mass is 16.6.